The summed E-state index contributed by atoms with van der Waals surface area (Å²) in [5.41, 5.74) is -0.759. The van der Waals surface area contributed by atoms with Gasteiger partial charge in [-0.05, 0) is 79.8 Å². The summed E-state index contributed by atoms with van der Waals surface area (Å²) in [5.74, 6) is -0.301. The molecule has 9 heteroatoms. The van der Waals surface area contributed by atoms with Crippen LogP contribution in [0.3, 0.4) is 0 Å². The van der Waals surface area contributed by atoms with Crippen LogP contribution in [0.25, 0.3) is 0 Å². The van der Waals surface area contributed by atoms with Crippen LogP contribution >= 0.6 is 0 Å². The van der Waals surface area contributed by atoms with E-state index in [1.807, 2.05) is 18.2 Å². The molecule has 0 heterocycles. The normalized spacial score (nSPS) is 23.5. The van der Waals surface area contributed by atoms with Gasteiger partial charge in [0.2, 0.25) is 0 Å². The lowest BCUT2D eigenvalue weighted by atomic mass is 9.87. The minimum atomic E-state index is -4.45. The van der Waals surface area contributed by atoms with Crippen LogP contribution in [0.1, 0.15) is 65.4 Å². The second-order valence-corrected chi connectivity index (χ2v) is 16.9. The summed E-state index contributed by atoms with van der Waals surface area (Å²) < 4.78 is 51.9. The Morgan fingerprint density at radius 1 is 1.21 bits per heavy atom. The van der Waals surface area contributed by atoms with E-state index in [1.165, 1.54) is 12.1 Å². The molecule has 0 saturated heterocycles. The lowest BCUT2D eigenvalue weighted by Crippen LogP contribution is -2.45. The third kappa shape index (κ3) is 10.4. The van der Waals surface area contributed by atoms with Gasteiger partial charge in [-0.15, -0.1) is 0 Å². The minimum absolute atomic E-state index is 0.0184. The maximum Gasteiger partial charge on any atom is 0.416 e. The number of halogens is 3. The van der Waals surface area contributed by atoms with Gasteiger partial charge in [-0.3, -0.25) is 4.79 Å². The van der Waals surface area contributed by atoms with E-state index in [-0.39, 0.29) is 41.6 Å². The van der Waals surface area contributed by atoms with Gasteiger partial charge < -0.3 is 19.4 Å². The van der Waals surface area contributed by atoms with Gasteiger partial charge in [0, 0.05) is 6.42 Å². The molecule has 1 fully saturated rings. The maximum absolute atomic E-state index is 13.2. The Kier molecular flexibility index (Phi) is 11.9. The van der Waals surface area contributed by atoms with Crippen LogP contribution in [0.4, 0.5) is 13.2 Å². The molecule has 1 aliphatic rings. The molecule has 5 atom stereocenters. The highest BCUT2D eigenvalue weighted by atomic mass is 28.4. The van der Waals surface area contributed by atoms with Crippen molar-refractivity contribution >= 4 is 14.3 Å². The summed E-state index contributed by atoms with van der Waals surface area (Å²) in [7, 11) is -2.23. The number of allylic oxidation sites excluding steroid dienone is 3. The first kappa shape index (κ1) is 33.1. The summed E-state index contributed by atoms with van der Waals surface area (Å²) in [6.45, 7) is 12.8. The molecule has 1 aromatic carbocycles. The fourth-order valence-electron chi connectivity index (χ4n) is 4.66. The standard InChI is InChI=1S/C30H45F3O5Si/c1-21-18-27(34)26(14-9-7-8-10-15-28(35)36)25(21)17-16-24(38-39(5,6)29(2,3)4)20-37-23-13-11-12-22(19-23)30(31,32)33/h7,9,11-13,16-17,19,21,24-27,34H,8,10,14-15,18,20H2,1-6H3,(H,35,36)/b9-7-,17-16+/t21-,24-,25+,26-,27+/m1/s1. The van der Waals surface area contributed by atoms with E-state index in [0.717, 1.165) is 12.1 Å². The van der Waals surface area contributed by atoms with Crippen molar-refractivity contribution in [1.82, 2.24) is 0 Å². The summed E-state index contributed by atoms with van der Waals surface area (Å²) in [5, 5.41) is 19.4. The number of carboxylic acid groups (broad SMARTS) is 1. The number of carbonyl (C=O) groups is 1. The van der Waals surface area contributed by atoms with Crippen molar-refractivity contribution in [3.8, 4) is 5.75 Å². The Balaban J connectivity index is 2.17. The summed E-state index contributed by atoms with van der Waals surface area (Å²) in [6.07, 6.45) is 5.44. The van der Waals surface area contributed by atoms with Gasteiger partial charge in [0.15, 0.2) is 8.32 Å². The van der Waals surface area contributed by atoms with Crippen molar-refractivity contribution in [3.05, 3.63) is 54.1 Å². The first-order valence-electron chi connectivity index (χ1n) is 13.7. The molecule has 1 saturated carbocycles. The van der Waals surface area contributed by atoms with E-state index in [1.54, 1.807) is 0 Å². The van der Waals surface area contributed by atoms with Gasteiger partial charge in [-0.1, -0.05) is 58.1 Å². The number of aliphatic carboxylic acids is 1. The molecule has 0 amide bonds. The number of ether oxygens (including phenoxy) is 1. The predicted octanol–water partition coefficient (Wildman–Crippen LogP) is 7.87. The molecule has 2 rings (SSSR count). The van der Waals surface area contributed by atoms with Gasteiger partial charge in [0.05, 0.1) is 17.8 Å². The molecule has 0 aromatic heterocycles. The number of unbranched alkanes of at least 4 members (excludes halogenated alkanes) is 1. The Hall–Kier alpha value is -2.10. The van der Waals surface area contributed by atoms with Gasteiger partial charge in [0.1, 0.15) is 12.4 Å². The van der Waals surface area contributed by atoms with Crippen LogP contribution < -0.4 is 4.74 Å². The van der Waals surface area contributed by atoms with Gasteiger partial charge in [-0.2, -0.15) is 13.2 Å². The average molecular weight is 571 g/mol. The van der Waals surface area contributed by atoms with E-state index >= 15 is 0 Å². The Morgan fingerprint density at radius 2 is 1.90 bits per heavy atom. The molecule has 1 aliphatic carbocycles. The van der Waals surface area contributed by atoms with E-state index in [4.69, 9.17) is 14.3 Å². The fraction of sp³-hybridized carbons (Fsp3) is 0.633. The highest BCUT2D eigenvalue weighted by molar-refractivity contribution is 6.74. The highest BCUT2D eigenvalue weighted by Crippen LogP contribution is 2.41. The van der Waals surface area contributed by atoms with Crippen molar-refractivity contribution in [3.63, 3.8) is 0 Å². The number of hydrogen-bond donors (Lipinski definition) is 2. The largest absolute Gasteiger partial charge is 0.491 e. The van der Waals surface area contributed by atoms with E-state index < -0.39 is 38.2 Å². The van der Waals surface area contributed by atoms with Crippen LogP contribution in [-0.4, -0.2) is 43.3 Å². The molecule has 0 aliphatic heterocycles. The quantitative estimate of drug-likeness (QED) is 0.143. The molecule has 220 valence electrons. The fourth-order valence-corrected chi connectivity index (χ4v) is 5.91. The van der Waals surface area contributed by atoms with Crippen LogP contribution in [0.15, 0.2) is 48.6 Å². The van der Waals surface area contributed by atoms with Crippen molar-refractivity contribution in [1.29, 1.82) is 0 Å². The lowest BCUT2D eigenvalue weighted by molar-refractivity contribution is -0.138. The SMILES string of the molecule is C[C@@H]1C[C@H](O)[C@H](C/C=C\CCCC(=O)O)[C@H]1/C=C/[C@H](COc1cccc(C(F)(F)F)c1)O[Si](C)(C)C(C)(C)C. The average Bonchev–Trinajstić information content (AvgIpc) is 3.08. The molecule has 1 aromatic rings. The van der Waals surface area contributed by atoms with Crippen LogP contribution in [0.5, 0.6) is 5.75 Å². The number of benzene rings is 1. The minimum Gasteiger partial charge on any atom is -0.491 e. The number of aliphatic hydroxyl groups is 1. The van der Waals surface area contributed by atoms with Crippen molar-refractivity contribution < 1.29 is 37.3 Å². The van der Waals surface area contributed by atoms with Crippen LogP contribution in [0, 0.1) is 17.8 Å². The van der Waals surface area contributed by atoms with Crippen molar-refractivity contribution in [2.24, 2.45) is 17.8 Å². The third-order valence-corrected chi connectivity index (χ3v) is 12.5. The molecular weight excluding hydrogens is 525 g/mol. The number of hydrogen-bond acceptors (Lipinski definition) is 4. The van der Waals surface area contributed by atoms with Crippen LogP contribution in [-0.2, 0) is 15.4 Å². The third-order valence-electron chi connectivity index (χ3n) is 7.97. The van der Waals surface area contributed by atoms with E-state index in [0.29, 0.717) is 25.7 Å². The van der Waals surface area contributed by atoms with Crippen molar-refractivity contribution in [2.45, 2.75) is 96.3 Å². The molecule has 0 spiro atoms. The van der Waals surface area contributed by atoms with Gasteiger partial charge >= 0.3 is 12.1 Å². The molecule has 5 nitrogen and oxygen atoms in total. The van der Waals surface area contributed by atoms with Gasteiger partial charge in [-0.25, -0.2) is 0 Å². The Morgan fingerprint density at radius 3 is 2.51 bits per heavy atom. The monoisotopic (exact) mass is 570 g/mol. The first-order chi connectivity index (χ1) is 18.0. The topological polar surface area (TPSA) is 76.0 Å². The molecule has 2 N–H and O–H groups in total. The second kappa shape index (κ2) is 14.0. The Labute approximate surface area is 232 Å². The molecule has 39 heavy (non-hydrogen) atoms. The Bertz CT molecular complexity index is 984. The van der Waals surface area contributed by atoms with Gasteiger partial charge in [0.25, 0.3) is 0 Å². The zero-order chi connectivity index (χ0) is 29.4. The maximum atomic E-state index is 13.2. The zero-order valence-corrected chi connectivity index (χ0v) is 25.0. The van der Waals surface area contributed by atoms with Crippen molar-refractivity contribution in [2.75, 3.05) is 6.61 Å². The van der Waals surface area contributed by atoms with E-state index in [2.05, 4.69) is 46.9 Å². The first-order valence-corrected chi connectivity index (χ1v) is 16.6. The smallest absolute Gasteiger partial charge is 0.416 e. The molecule has 0 bridgehead atoms. The number of alkyl halides is 3. The predicted molar refractivity (Wildman–Crippen MR) is 150 cm³/mol. The number of carboxylic acids is 1. The van der Waals surface area contributed by atoms with Crippen LogP contribution in [0.2, 0.25) is 18.1 Å². The lowest BCUT2D eigenvalue weighted by Gasteiger charge is -2.38. The van der Waals surface area contributed by atoms with E-state index in [9.17, 15) is 23.1 Å². The second-order valence-electron chi connectivity index (χ2n) is 12.2. The molecule has 0 radical (unpaired) electrons. The number of aliphatic hydroxyl groups excluding tert-OH is 1. The summed E-state index contributed by atoms with van der Waals surface area (Å²) in [4.78, 5) is 10.7. The molecule has 0 unspecified atom stereocenters. The molecular formula is C30H45F3O5Si. The zero-order valence-electron chi connectivity index (χ0n) is 24.0. The highest BCUT2D eigenvalue weighted by Gasteiger charge is 2.40. The summed E-state index contributed by atoms with van der Waals surface area (Å²) >= 11 is 0. The number of rotatable bonds is 13. The summed E-state index contributed by atoms with van der Waals surface area (Å²) in [6, 6.07) is 4.86.